The Hall–Kier alpha value is -3.12. The summed E-state index contributed by atoms with van der Waals surface area (Å²) in [5.41, 5.74) is 4.83. The van der Waals surface area contributed by atoms with Crippen molar-refractivity contribution in [1.29, 1.82) is 0 Å². The van der Waals surface area contributed by atoms with E-state index in [1.807, 2.05) is 43.5 Å². The second-order valence-electron chi connectivity index (χ2n) is 6.72. The molecule has 0 aliphatic heterocycles. The van der Waals surface area contributed by atoms with Gasteiger partial charge >= 0.3 is 0 Å². The number of benzene rings is 2. The summed E-state index contributed by atoms with van der Waals surface area (Å²) < 4.78 is 4.32. The molecular formula is C22H22ClN5O. The third-order valence-corrected chi connectivity index (χ3v) is 5.13. The molecule has 29 heavy (non-hydrogen) atoms. The first-order chi connectivity index (χ1) is 14.1. The molecular weight excluding hydrogens is 386 g/mol. The van der Waals surface area contributed by atoms with Crippen molar-refractivity contribution < 1.29 is 4.84 Å². The highest BCUT2D eigenvalue weighted by molar-refractivity contribution is 6.30. The second-order valence-corrected chi connectivity index (χ2v) is 7.16. The minimum Gasteiger partial charge on any atom is -0.399 e. The van der Waals surface area contributed by atoms with E-state index in [1.54, 1.807) is 13.3 Å². The van der Waals surface area contributed by atoms with Crippen LogP contribution in [-0.4, -0.2) is 31.9 Å². The van der Waals surface area contributed by atoms with Crippen molar-refractivity contribution in [3.8, 4) is 11.4 Å². The highest BCUT2D eigenvalue weighted by Crippen LogP contribution is 2.24. The maximum absolute atomic E-state index is 6.17. The van der Waals surface area contributed by atoms with E-state index in [2.05, 4.69) is 38.3 Å². The molecule has 7 heteroatoms. The number of fused-ring (bicyclic) bond motifs is 1. The highest BCUT2D eigenvalue weighted by atomic mass is 35.5. The van der Waals surface area contributed by atoms with Crippen molar-refractivity contribution in [3.63, 3.8) is 0 Å². The van der Waals surface area contributed by atoms with Crippen molar-refractivity contribution in [2.75, 3.05) is 7.11 Å². The Bertz CT molecular complexity index is 1190. The Morgan fingerprint density at radius 1 is 1.21 bits per heavy atom. The lowest BCUT2D eigenvalue weighted by atomic mass is 10.1. The van der Waals surface area contributed by atoms with Crippen molar-refractivity contribution in [2.45, 2.75) is 26.9 Å². The normalized spacial score (nSPS) is 11.9. The highest BCUT2D eigenvalue weighted by Gasteiger charge is 2.14. The standard InChI is InChI=1S/C22H22ClN5O/c1-4-28-20-9-8-16(15(2)26-29-3)13-19(20)25-21(28)14-27-11-10-24-22(27)17-6-5-7-18(23)12-17/h5-13H,4,14H2,1-3H3. The molecule has 0 atom stereocenters. The average molecular weight is 408 g/mol. The molecule has 2 aromatic carbocycles. The molecule has 148 valence electrons. The summed E-state index contributed by atoms with van der Waals surface area (Å²) >= 11 is 6.17. The molecule has 2 heterocycles. The first kappa shape index (κ1) is 19.2. The van der Waals surface area contributed by atoms with Crippen LogP contribution in [0.4, 0.5) is 0 Å². The fraction of sp³-hybridized carbons (Fsp3) is 0.227. The van der Waals surface area contributed by atoms with Crippen LogP contribution in [0.3, 0.4) is 0 Å². The molecule has 0 amide bonds. The van der Waals surface area contributed by atoms with Crippen LogP contribution in [0, 0.1) is 0 Å². The molecule has 2 aromatic heterocycles. The zero-order valence-corrected chi connectivity index (χ0v) is 17.4. The lowest BCUT2D eigenvalue weighted by molar-refractivity contribution is 0.213. The van der Waals surface area contributed by atoms with Gasteiger partial charge in [-0.05, 0) is 38.1 Å². The summed E-state index contributed by atoms with van der Waals surface area (Å²) in [4.78, 5) is 14.3. The molecule has 0 bridgehead atoms. The molecule has 0 N–H and O–H groups in total. The van der Waals surface area contributed by atoms with Crippen molar-refractivity contribution >= 4 is 28.3 Å². The van der Waals surface area contributed by atoms with E-state index in [0.29, 0.717) is 11.6 Å². The Morgan fingerprint density at radius 2 is 2.07 bits per heavy atom. The van der Waals surface area contributed by atoms with Crippen LogP contribution in [0.25, 0.3) is 22.4 Å². The summed E-state index contributed by atoms with van der Waals surface area (Å²) in [7, 11) is 1.55. The Balaban J connectivity index is 1.74. The minimum atomic E-state index is 0.616. The lowest BCUT2D eigenvalue weighted by Gasteiger charge is -2.10. The number of rotatable bonds is 6. The van der Waals surface area contributed by atoms with Crippen molar-refractivity contribution in [1.82, 2.24) is 19.1 Å². The number of aromatic nitrogens is 4. The predicted octanol–water partition coefficient (Wildman–Crippen LogP) is 4.99. The largest absolute Gasteiger partial charge is 0.399 e. The Kier molecular flexibility index (Phi) is 5.36. The summed E-state index contributed by atoms with van der Waals surface area (Å²) in [5.74, 6) is 1.84. The molecule has 0 saturated heterocycles. The van der Waals surface area contributed by atoms with Crippen LogP contribution in [0.1, 0.15) is 25.2 Å². The molecule has 0 aliphatic rings. The van der Waals surface area contributed by atoms with Gasteiger partial charge in [-0.1, -0.05) is 35.0 Å². The molecule has 0 aliphatic carbocycles. The molecule has 0 radical (unpaired) electrons. The molecule has 4 rings (SSSR count). The number of halogens is 1. The minimum absolute atomic E-state index is 0.616. The van der Waals surface area contributed by atoms with Gasteiger partial charge in [-0.25, -0.2) is 9.97 Å². The van der Waals surface area contributed by atoms with E-state index in [-0.39, 0.29) is 0 Å². The summed E-state index contributed by atoms with van der Waals surface area (Å²) in [6.45, 7) is 5.50. The van der Waals surface area contributed by atoms with Crippen LogP contribution < -0.4 is 0 Å². The Labute approximate surface area is 174 Å². The van der Waals surface area contributed by atoms with Crippen LogP contribution in [0.15, 0.2) is 60.0 Å². The molecule has 0 spiro atoms. The lowest BCUT2D eigenvalue weighted by Crippen LogP contribution is -2.08. The number of hydrogen-bond donors (Lipinski definition) is 0. The third-order valence-electron chi connectivity index (χ3n) is 4.90. The van der Waals surface area contributed by atoms with E-state index in [9.17, 15) is 0 Å². The number of nitrogens with zero attached hydrogens (tertiary/aromatic N) is 5. The van der Waals surface area contributed by atoms with Gasteiger partial charge in [-0.3, -0.25) is 0 Å². The van der Waals surface area contributed by atoms with Crippen LogP contribution in [-0.2, 0) is 17.9 Å². The third kappa shape index (κ3) is 3.76. The van der Waals surface area contributed by atoms with Gasteiger partial charge in [0.15, 0.2) is 0 Å². The van der Waals surface area contributed by atoms with E-state index >= 15 is 0 Å². The van der Waals surface area contributed by atoms with E-state index in [4.69, 9.17) is 21.4 Å². The fourth-order valence-corrected chi connectivity index (χ4v) is 3.74. The van der Waals surface area contributed by atoms with Crippen molar-refractivity contribution in [2.24, 2.45) is 5.16 Å². The summed E-state index contributed by atoms with van der Waals surface area (Å²) in [6.07, 6.45) is 3.77. The van der Waals surface area contributed by atoms with Crippen LogP contribution in [0.5, 0.6) is 0 Å². The van der Waals surface area contributed by atoms with Gasteiger partial charge in [-0.2, -0.15) is 0 Å². The molecule has 0 fully saturated rings. The zero-order valence-electron chi connectivity index (χ0n) is 16.6. The Morgan fingerprint density at radius 3 is 2.83 bits per heavy atom. The second kappa shape index (κ2) is 8.09. The van der Waals surface area contributed by atoms with Crippen LogP contribution >= 0.6 is 11.6 Å². The average Bonchev–Trinajstić information content (AvgIpc) is 3.31. The topological polar surface area (TPSA) is 57.2 Å². The van der Waals surface area contributed by atoms with E-state index < -0.39 is 0 Å². The van der Waals surface area contributed by atoms with Gasteiger partial charge in [0.2, 0.25) is 0 Å². The van der Waals surface area contributed by atoms with Gasteiger partial charge in [0.05, 0.1) is 23.3 Å². The van der Waals surface area contributed by atoms with Crippen LogP contribution in [0.2, 0.25) is 5.02 Å². The summed E-state index contributed by atoms with van der Waals surface area (Å²) in [5, 5.41) is 4.72. The monoisotopic (exact) mass is 407 g/mol. The van der Waals surface area contributed by atoms with Gasteiger partial charge in [0.1, 0.15) is 18.8 Å². The number of aryl methyl sites for hydroxylation is 1. The molecule has 0 saturated carbocycles. The predicted molar refractivity (Wildman–Crippen MR) is 116 cm³/mol. The van der Waals surface area contributed by atoms with E-state index in [1.165, 1.54) is 0 Å². The summed E-state index contributed by atoms with van der Waals surface area (Å²) in [6, 6.07) is 13.9. The number of oxime groups is 1. The zero-order chi connectivity index (χ0) is 20.4. The van der Waals surface area contributed by atoms with E-state index in [0.717, 1.165) is 46.1 Å². The number of imidazole rings is 2. The smallest absolute Gasteiger partial charge is 0.140 e. The first-order valence-electron chi connectivity index (χ1n) is 9.45. The molecule has 0 unspecified atom stereocenters. The maximum atomic E-state index is 6.17. The van der Waals surface area contributed by atoms with Gasteiger partial charge < -0.3 is 14.0 Å². The van der Waals surface area contributed by atoms with Crippen molar-refractivity contribution in [3.05, 3.63) is 71.3 Å². The quantitative estimate of drug-likeness (QED) is 0.334. The fourth-order valence-electron chi connectivity index (χ4n) is 3.54. The number of hydrogen-bond acceptors (Lipinski definition) is 4. The maximum Gasteiger partial charge on any atom is 0.140 e. The molecule has 6 nitrogen and oxygen atoms in total. The van der Waals surface area contributed by atoms with Gasteiger partial charge in [0, 0.05) is 35.1 Å². The SMILES string of the molecule is CCn1c(Cn2ccnc2-c2cccc(Cl)c2)nc2cc(C(C)=NOC)ccc21. The molecule has 4 aromatic rings. The van der Waals surface area contributed by atoms with Gasteiger partial charge in [-0.15, -0.1) is 0 Å². The van der Waals surface area contributed by atoms with Gasteiger partial charge in [0.25, 0.3) is 0 Å². The first-order valence-corrected chi connectivity index (χ1v) is 9.83.